The molecule has 0 rings (SSSR count). The Morgan fingerprint density at radius 2 is 1.69 bits per heavy atom. The Bertz CT molecular complexity index is 195. The molecule has 0 heterocycles. The van der Waals surface area contributed by atoms with Gasteiger partial charge in [0.25, 0.3) is 0 Å². The van der Waals surface area contributed by atoms with Gasteiger partial charge in [-0.15, -0.1) is 0 Å². The average molecular weight is 248 g/mol. The molecule has 0 aliphatic carbocycles. The largest absolute Gasteiger partial charge is 0.470 e. The third kappa shape index (κ3) is 6.98. The Kier molecular flexibility index (Phi) is 7.62. The highest BCUT2D eigenvalue weighted by molar-refractivity contribution is 6.36. The van der Waals surface area contributed by atoms with Crippen LogP contribution in [0.1, 0.15) is 34.6 Å². The second-order valence-corrected chi connectivity index (χ2v) is 6.17. The van der Waals surface area contributed by atoms with Gasteiger partial charge in [-0.2, -0.15) is 0 Å². The molecular formula is C11H24O4Si. The van der Waals surface area contributed by atoms with Crippen LogP contribution in [0.4, 0.5) is 0 Å². The van der Waals surface area contributed by atoms with Gasteiger partial charge in [-0.3, -0.25) is 4.79 Å². The average Bonchev–Trinajstić information content (AvgIpc) is 2.16. The number of hydrogen-bond donors (Lipinski definition) is 0. The molecule has 0 fully saturated rings. The van der Waals surface area contributed by atoms with E-state index in [4.69, 9.17) is 14.2 Å². The van der Waals surface area contributed by atoms with E-state index < -0.39 is 14.9 Å². The maximum Gasteiger partial charge on any atom is 0.310 e. The first-order valence-electron chi connectivity index (χ1n) is 5.82. The van der Waals surface area contributed by atoms with E-state index in [0.717, 1.165) is 0 Å². The number of carbonyl (C=O) groups is 1. The molecule has 0 unspecified atom stereocenters. The summed E-state index contributed by atoms with van der Waals surface area (Å²) in [5.74, 6) is -0.297. The van der Waals surface area contributed by atoms with Gasteiger partial charge in [0.05, 0.1) is 11.6 Å². The van der Waals surface area contributed by atoms with E-state index in [-0.39, 0.29) is 11.9 Å². The van der Waals surface area contributed by atoms with Crippen LogP contribution in [0.15, 0.2) is 0 Å². The van der Waals surface area contributed by atoms with Gasteiger partial charge in [-0.1, -0.05) is 0 Å². The third-order valence-electron chi connectivity index (χ3n) is 1.90. The van der Waals surface area contributed by atoms with Gasteiger partial charge >= 0.3 is 5.97 Å². The first-order chi connectivity index (χ1) is 7.41. The van der Waals surface area contributed by atoms with E-state index in [0.29, 0.717) is 19.4 Å². The lowest BCUT2D eigenvalue weighted by molar-refractivity contribution is -0.151. The molecule has 0 saturated carbocycles. The highest BCUT2D eigenvalue weighted by Crippen LogP contribution is 2.14. The van der Waals surface area contributed by atoms with Gasteiger partial charge < -0.3 is 14.2 Å². The van der Waals surface area contributed by atoms with Crippen molar-refractivity contribution in [2.75, 3.05) is 19.4 Å². The molecule has 0 saturated heterocycles. The first kappa shape index (κ1) is 15.6. The first-order valence-corrected chi connectivity index (χ1v) is 7.63. The number of hydrogen-bond acceptors (Lipinski definition) is 4. The molecular weight excluding hydrogens is 224 g/mol. The van der Waals surface area contributed by atoms with E-state index in [1.165, 1.54) is 0 Å². The van der Waals surface area contributed by atoms with Crippen LogP contribution >= 0.6 is 0 Å². The van der Waals surface area contributed by atoms with Crippen molar-refractivity contribution >= 4 is 15.5 Å². The third-order valence-corrected chi connectivity index (χ3v) is 3.29. The second kappa shape index (κ2) is 7.81. The zero-order chi connectivity index (χ0) is 12.6. The van der Waals surface area contributed by atoms with Crippen LogP contribution in [0.3, 0.4) is 0 Å². The minimum absolute atomic E-state index is 0.136. The van der Waals surface area contributed by atoms with E-state index in [1.54, 1.807) is 0 Å². The summed E-state index contributed by atoms with van der Waals surface area (Å²) in [5, 5.41) is 0. The monoisotopic (exact) mass is 248 g/mol. The van der Waals surface area contributed by atoms with Crippen molar-refractivity contribution in [1.29, 1.82) is 0 Å². The number of esters is 1. The molecule has 0 aromatic heterocycles. The molecule has 0 aliphatic rings. The Morgan fingerprint density at radius 3 is 2.06 bits per heavy atom. The van der Waals surface area contributed by atoms with E-state index in [1.807, 2.05) is 34.6 Å². The van der Waals surface area contributed by atoms with Crippen LogP contribution in [-0.2, 0) is 19.0 Å². The summed E-state index contributed by atoms with van der Waals surface area (Å²) in [4.78, 5) is 11.5. The van der Waals surface area contributed by atoms with Crippen LogP contribution in [0.2, 0.25) is 0 Å². The fourth-order valence-electron chi connectivity index (χ4n) is 1.05. The second-order valence-electron chi connectivity index (χ2n) is 4.51. The van der Waals surface area contributed by atoms with Crippen molar-refractivity contribution < 1.29 is 19.0 Å². The van der Waals surface area contributed by atoms with E-state index in [9.17, 15) is 4.79 Å². The maximum absolute atomic E-state index is 11.5. The zero-order valence-electron chi connectivity index (χ0n) is 11.0. The van der Waals surface area contributed by atoms with Crippen molar-refractivity contribution in [3.8, 4) is 0 Å². The lowest BCUT2D eigenvalue weighted by Crippen LogP contribution is -2.31. The minimum Gasteiger partial charge on any atom is -0.470 e. The number of ether oxygens (including phenoxy) is 3. The number of rotatable bonds is 7. The topological polar surface area (TPSA) is 44.8 Å². The van der Waals surface area contributed by atoms with Crippen molar-refractivity contribution in [3.05, 3.63) is 0 Å². The van der Waals surface area contributed by atoms with Crippen LogP contribution < -0.4 is 0 Å². The fourth-order valence-corrected chi connectivity index (χ4v) is 2.35. The van der Waals surface area contributed by atoms with Crippen LogP contribution in [0.5, 0.6) is 0 Å². The van der Waals surface area contributed by atoms with Crippen molar-refractivity contribution in [1.82, 2.24) is 0 Å². The maximum atomic E-state index is 11.5. The van der Waals surface area contributed by atoms with Crippen LogP contribution in [0.25, 0.3) is 0 Å². The van der Waals surface area contributed by atoms with Gasteiger partial charge in [0, 0.05) is 13.2 Å². The van der Waals surface area contributed by atoms with Gasteiger partial charge in [-0.25, -0.2) is 0 Å². The quantitative estimate of drug-likeness (QED) is 0.384. The summed E-state index contributed by atoms with van der Waals surface area (Å²) < 4.78 is 16.0. The summed E-state index contributed by atoms with van der Waals surface area (Å²) in [7, 11) is -0.685. The van der Waals surface area contributed by atoms with Crippen LogP contribution in [-0.4, -0.2) is 40.8 Å². The normalized spacial score (nSPS) is 12.6. The molecule has 0 aromatic carbocycles. The molecule has 0 aliphatic heterocycles. The van der Waals surface area contributed by atoms with Gasteiger partial charge in [0.2, 0.25) is 0 Å². The summed E-state index contributed by atoms with van der Waals surface area (Å²) in [6.07, 6.45) is 0.473. The van der Waals surface area contributed by atoms with Crippen molar-refractivity contribution in [2.24, 2.45) is 5.41 Å². The minimum atomic E-state index is -0.685. The molecule has 0 atom stereocenters. The molecule has 0 radical (unpaired) electrons. The molecule has 16 heavy (non-hydrogen) atoms. The van der Waals surface area contributed by atoms with E-state index in [2.05, 4.69) is 0 Å². The zero-order valence-corrected chi connectivity index (χ0v) is 12.5. The van der Waals surface area contributed by atoms with Crippen molar-refractivity contribution in [3.63, 3.8) is 0 Å². The van der Waals surface area contributed by atoms with Gasteiger partial charge in [0.1, 0.15) is 15.4 Å². The Hall–Kier alpha value is -0.393. The molecule has 96 valence electrons. The smallest absolute Gasteiger partial charge is 0.310 e. The fraction of sp³-hybridized carbons (Fsp3) is 0.909. The Balaban J connectivity index is 3.81. The molecule has 4 nitrogen and oxygen atoms in total. The lowest BCUT2D eigenvalue weighted by atomic mass is 9.98. The SMILES string of the molecule is CCOC(OCC)[SiH2]COC(=O)C(C)(C)C. The summed E-state index contributed by atoms with van der Waals surface area (Å²) in [5.41, 5.74) is -0.429. The summed E-state index contributed by atoms with van der Waals surface area (Å²) in [6.45, 7) is 10.7. The molecule has 0 spiro atoms. The summed E-state index contributed by atoms with van der Waals surface area (Å²) >= 11 is 0. The number of carbonyl (C=O) groups excluding carboxylic acids is 1. The molecule has 0 bridgehead atoms. The molecule has 0 amide bonds. The summed E-state index contributed by atoms with van der Waals surface area (Å²) in [6, 6.07) is 0. The van der Waals surface area contributed by atoms with Gasteiger partial charge in [-0.05, 0) is 34.6 Å². The Labute approximate surface area is 100 Å². The predicted octanol–water partition coefficient (Wildman–Crippen LogP) is 1.06. The van der Waals surface area contributed by atoms with Crippen molar-refractivity contribution in [2.45, 2.75) is 40.5 Å². The molecule has 0 N–H and O–H groups in total. The molecule has 5 heteroatoms. The lowest BCUT2D eigenvalue weighted by Gasteiger charge is -2.19. The van der Waals surface area contributed by atoms with Crippen LogP contribution in [0, 0.1) is 5.41 Å². The molecule has 0 aromatic rings. The highest BCUT2D eigenvalue weighted by atomic mass is 28.2. The van der Waals surface area contributed by atoms with Gasteiger partial charge in [0.15, 0.2) is 0 Å². The standard InChI is InChI=1S/C11H24O4Si/c1-6-13-10(14-7-2)16-8-15-9(12)11(3,4)5/h10H,6-8,16H2,1-5H3. The predicted molar refractivity (Wildman–Crippen MR) is 66.0 cm³/mol. The van der Waals surface area contributed by atoms with E-state index >= 15 is 0 Å². The highest BCUT2D eigenvalue weighted by Gasteiger charge is 2.23. The Morgan fingerprint density at radius 1 is 1.19 bits per heavy atom.